The highest BCUT2D eigenvalue weighted by Crippen LogP contribution is 2.48. The molecule has 0 spiro atoms. The lowest BCUT2D eigenvalue weighted by Gasteiger charge is -2.39. The first-order valence-electron chi connectivity index (χ1n) is 16.5. The molecule has 2 aliphatic rings. The van der Waals surface area contributed by atoms with Crippen LogP contribution in [0.25, 0.3) is 0 Å². The SMILES string of the molecule is c1ccc(C2OC(c3ccc(OCCCN4CCN(C(c5ccccc5)c5ccccc5)CC4)cc3)OC2c2ccccc2)cc1. The van der Waals surface area contributed by atoms with Crippen LogP contribution in [0, 0.1) is 0 Å². The van der Waals surface area contributed by atoms with E-state index in [1.165, 1.54) is 11.1 Å². The summed E-state index contributed by atoms with van der Waals surface area (Å²) in [7, 11) is 0. The van der Waals surface area contributed by atoms with Gasteiger partial charge in [-0.3, -0.25) is 4.90 Å². The second-order valence-corrected chi connectivity index (χ2v) is 12.1. The van der Waals surface area contributed by atoms with Crippen molar-refractivity contribution in [3.05, 3.63) is 173 Å². The molecule has 2 heterocycles. The Labute approximate surface area is 273 Å². The lowest BCUT2D eigenvalue weighted by atomic mass is 9.96. The Morgan fingerprint density at radius 1 is 0.543 bits per heavy atom. The molecule has 5 nitrogen and oxygen atoms in total. The van der Waals surface area contributed by atoms with Gasteiger partial charge in [0.1, 0.15) is 18.0 Å². The number of nitrogens with zero attached hydrogens (tertiary/aromatic N) is 2. The van der Waals surface area contributed by atoms with Crippen LogP contribution < -0.4 is 4.74 Å². The molecule has 7 rings (SSSR count). The van der Waals surface area contributed by atoms with Crippen LogP contribution in [0.15, 0.2) is 146 Å². The van der Waals surface area contributed by atoms with E-state index in [2.05, 4.69) is 107 Å². The zero-order valence-electron chi connectivity index (χ0n) is 26.2. The Kier molecular flexibility index (Phi) is 9.84. The van der Waals surface area contributed by atoms with Gasteiger partial charge in [0.15, 0.2) is 6.29 Å². The lowest BCUT2D eigenvalue weighted by Crippen LogP contribution is -2.48. The first-order valence-corrected chi connectivity index (χ1v) is 16.5. The molecule has 5 aromatic carbocycles. The van der Waals surface area contributed by atoms with Crippen LogP contribution in [0.4, 0.5) is 0 Å². The van der Waals surface area contributed by atoms with Crippen molar-refractivity contribution < 1.29 is 14.2 Å². The van der Waals surface area contributed by atoms with E-state index in [-0.39, 0.29) is 12.2 Å². The van der Waals surface area contributed by atoms with E-state index in [1.807, 2.05) is 48.5 Å². The van der Waals surface area contributed by atoms with Gasteiger partial charge in [0.2, 0.25) is 0 Å². The van der Waals surface area contributed by atoms with Gasteiger partial charge in [-0.15, -0.1) is 0 Å². The Morgan fingerprint density at radius 2 is 1.02 bits per heavy atom. The van der Waals surface area contributed by atoms with E-state index >= 15 is 0 Å². The van der Waals surface area contributed by atoms with E-state index in [0.717, 1.165) is 61.6 Å². The minimum atomic E-state index is -0.438. The normalized spacial score (nSPS) is 20.6. The highest BCUT2D eigenvalue weighted by molar-refractivity contribution is 5.33. The summed E-state index contributed by atoms with van der Waals surface area (Å²) in [6, 6.07) is 51.0. The molecule has 46 heavy (non-hydrogen) atoms. The zero-order chi connectivity index (χ0) is 31.0. The maximum atomic E-state index is 6.51. The molecular weight excluding hydrogens is 568 g/mol. The molecule has 2 unspecified atom stereocenters. The fourth-order valence-corrected chi connectivity index (χ4v) is 6.72. The van der Waals surface area contributed by atoms with Gasteiger partial charge in [0.25, 0.3) is 0 Å². The van der Waals surface area contributed by atoms with Crippen molar-refractivity contribution in [1.29, 1.82) is 0 Å². The summed E-state index contributed by atoms with van der Waals surface area (Å²) in [5.74, 6) is 0.874. The van der Waals surface area contributed by atoms with Crippen LogP contribution in [0.1, 0.15) is 58.8 Å². The zero-order valence-corrected chi connectivity index (χ0v) is 26.2. The molecule has 0 saturated carbocycles. The maximum Gasteiger partial charge on any atom is 0.185 e. The highest BCUT2D eigenvalue weighted by atomic mass is 16.7. The summed E-state index contributed by atoms with van der Waals surface area (Å²) in [6.45, 7) is 5.98. The average molecular weight is 611 g/mol. The molecule has 2 saturated heterocycles. The monoisotopic (exact) mass is 610 g/mol. The Hall–Kier alpha value is -4.26. The van der Waals surface area contributed by atoms with Crippen molar-refractivity contribution >= 4 is 0 Å². The van der Waals surface area contributed by atoms with E-state index in [9.17, 15) is 0 Å². The summed E-state index contributed by atoms with van der Waals surface area (Å²) in [5, 5.41) is 0. The smallest absolute Gasteiger partial charge is 0.185 e. The van der Waals surface area contributed by atoms with Crippen molar-refractivity contribution in [1.82, 2.24) is 9.80 Å². The molecule has 0 N–H and O–H groups in total. The molecule has 5 aromatic rings. The predicted molar refractivity (Wildman–Crippen MR) is 183 cm³/mol. The molecular formula is C41H42N2O3. The summed E-state index contributed by atoms with van der Waals surface area (Å²) in [4.78, 5) is 5.19. The summed E-state index contributed by atoms with van der Waals surface area (Å²) >= 11 is 0. The minimum absolute atomic E-state index is 0.172. The average Bonchev–Trinajstić information content (AvgIpc) is 3.59. The molecule has 0 aliphatic carbocycles. The minimum Gasteiger partial charge on any atom is -0.494 e. The second-order valence-electron chi connectivity index (χ2n) is 12.1. The lowest BCUT2D eigenvalue weighted by molar-refractivity contribution is -0.0698. The standard InChI is InChI=1S/C41H42N2O3/c1-5-14-32(15-6-1)38(33-16-7-2-8-17-33)43-29-27-42(28-30-43)26-13-31-44-37-24-22-36(23-25-37)41-45-39(34-18-9-3-10-19-34)40(46-41)35-20-11-4-12-21-35/h1-12,14-25,38-41H,13,26-31H2. The molecule has 234 valence electrons. The van der Waals surface area contributed by atoms with Crippen molar-refractivity contribution in [3.8, 4) is 5.75 Å². The second kappa shape index (κ2) is 14.9. The van der Waals surface area contributed by atoms with Gasteiger partial charge in [-0.05, 0) is 40.8 Å². The van der Waals surface area contributed by atoms with Crippen LogP contribution in [0.5, 0.6) is 5.75 Å². The third-order valence-electron chi connectivity index (χ3n) is 9.11. The summed E-state index contributed by atoms with van der Waals surface area (Å²) < 4.78 is 19.2. The van der Waals surface area contributed by atoms with Crippen molar-refractivity contribution in [2.75, 3.05) is 39.3 Å². The van der Waals surface area contributed by atoms with Gasteiger partial charge in [-0.25, -0.2) is 0 Å². The summed E-state index contributed by atoms with van der Waals surface area (Å²) in [6.07, 6.45) is 0.212. The number of benzene rings is 5. The van der Waals surface area contributed by atoms with Gasteiger partial charge in [0.05, 0.1) is 12.6 Å². The molecule has 2 fully saturated rings. The first kappa shape index (κ1) is 30.4. The van der Waals surface area contributed by atoms with Crippen LogP contribution in [-0.2, 0) is 9.47 Å². The largest absolute Gasteiger partial charge is 0.494 e. The van der Waals surface area contributed by atoms with Gasteiger partial charge in [0, 0.05) is 38.3 Å². The Bertz CT molecular complexity index is 1520. The molecule has 5 heteroatoms. The van der Waals surface area contributed by atoms with E-state index < -0.39 is 6.29 Å². The number of hydrogen-bond acceptors (Lipinski definition) is 5. The predicted octanol–water partition coefficient (Wildman–Crippen LogP) is 8.39. The van der Waals surface area contributed by atoms with Crippen LogP contribution >= 0.6 is 0 Å². The molecule has 2 atom stereocenters. The van der Waals surface area contributed by atoms with Crippen LogP contribution in [0.3, 0.4) is 0 Å². The van der Waals surface area contributed by atoms with Gasteiger partial charge in [-0.1, -0.05) is 133 Å². The van der Waals surface area contributed by atoms with Gasteiger partial charge < -0.3 is 19.1 Å². The van der Waals surface area contributed by atoms with E-state index in [0.29, 0.717) is 12.6 Å². The van der Waals surface area contributed by atoms with Crippen molar-refractivity contribution in [2.24, 2.45) is 0 Å². The molecule has 0 radical (unpaired) electrons. The molecule has 0 aromatic heterocycles. The first-order chi connectivity index (χ1) is 22.8. The molecule has 0 bridgehead atoms. The Morgan fingerprint density at radius 3 is 1.52 bits per heavy atom. The van der Waals surface area contributed by atoms with Crippen LogP contribution in [-0.4, -0.2) is 49.1 Å². The van der Waals surface area contributed by atoms with Crippen molar-refractivity contribution in [2.45, 2.75) is 31.0 Å². The number of ether oxygens (including phenoxy) is 3. The topological polar surface area (TPSA) is 34.2 Å². The quantitative estimate of drug-likeness (QED) is 0.140. The number of piperazine rings is 1. The fraction of sp³-hybridized carbons (Fsp3) is 0.268. The van der Waals surface area contributed by atoms with Crippen LogP contribution in [0.2, 0.25) is 0 Å². The molecule has 0 amide bonds. The number of hydrogen-bond donors (Lipinski definition) is 0. The third kappa shape index (κ3) is 7.24. The fourth-order valence-electron chi connectivity index (χ4n) is 6.72. The Balaban J connectivity index is 0.894. The maximum absolute atomic E-state index is 6.51. The number of rotatable bonds is 11. The van der Waals surface area contributed by atoms with Gasteiger partial charge in [-0.2, -0.15) is 0 Å². The van der Waals surface area contributed by atoms with Gasteiger partial charge >= 0.3 is 0 Å². The van der Waals surface area contributed by atoms with E-state index in [1.54, 1.807) is 0 Å². The molecule has 2 aliphatic heterocycles. The van der Waals surface area contributed by atoms with Crippen molar-refractivity contribution in [3.63, 3.8) is 0 Å². The van der Waals surface area contributed by atoms with E-state index in [4.69, 9.17) is 14.2 Å². The summed E-state index contributed by atoms with van der Waals surface area (Å²) in [5.41, 5.74) is 5.95. The highest BCUT2D eigenvalue weighted by Gasteiger charge is 2.38. The third-order valence-corrected chi connectivity index (χ3v) is 9.11.